The fourth-order valence-corrected chi connectivity index (χ4v) is 1.70. The summed E-state index contributed by atoms with van der Waals surface area (Å²) < 4.78 is 0. The molecule has 0 saturated heterocycles. The molecule has 4 heteroatoms. The van der Waals surface area contributed by atoms with Gasteiger partial charge in [0.15, 0.2) is 0 Å². The zero-order valence-corrected chi connectivity index (χ0v) is 10.2. The van der Waals surface area contributed by atoms with Crippen molar-refractivity contribution in [3.05, 3.63) is 42.5 Å². The van der Waals surface area contributed by atoms with Gasteiger partial charge in [-0.1, -0.05) is 30.3 Å². The van der Waals surface area contributed by atoms with E-state index in [1.165, 1.54) is 0 Å². The van der Waals surface area contributed by atoms with Crippen molar-refractivity contribution in [2.45, 2.75) is 13.0 Å². The van der Waals surface area contributed by atoms with Gasteiger partial charge in [-0.15, -0.1) is 0 Å². The lowest BCUT2D eigenvalue weighted by atomic mass is 10.1. The highest BCUT2D eigenvalue weighted by Crippen LogP contribution is 2.18. The molecule has 0 saturated carbocycles. The molecule has 0 unspecified atom stereocenters. The summed E-state index contributed by atoms with van der Waals surface area (Å²) in [5, 5.41) is 16.4. The highest BCUT2D eigenvalue weighted by molar-refractivity contribution is 5.93. The van der Waals surface area contributed by atoms with Gasteiger partial charge < -0.3 is 15.7 Å². The van der Waals surface area contributed by atoms with E-state index < -0.39 is 0 Å². The third kappa shape index (κ3) is 2.99. The number of benzene rings is 2. The average molecular weight is 244 g/mol. The number of carbonyl (C=O) groups is 1. The van der Waals surface area contributed by atoms with Crippen LogP contribution in [-0.2, 0) is 0 Å². The molecule has 94 valence electrons. The number of rotatable bonds is 3. The Bertz CT molecular complexity index is 554. The van der Waals surface area contributed by atoms with Crippen molar-refractivity contribution in [3.8, 4) is 0 Å². The van der Waals surface area contributed by atoms with Crippen LogP contribution in [0.3, 0.4) is 0 Å². The standard InChI is InChI=1S/C14H16N2O2/c1-10(9-17)15-14(18)16-13-7-6-11-4-2-3-5-12(11)8-13/h2-8,10,17H,9H2,1H3,(H2,15,16,18)/t10-/m0/s1. The molecule has 2 amide bonds. The summed E-state index contributed by atoms with van der Waals surface area (Å²) in [4.78, 5) is 11.6. The molecule has 0 radical (unpaired) electrons. The monoisotopic (exact) mass is 244 g/mol. The Morgan fingerprint density at radius 1 is 1.22 bits per heavy atom. The normalized spacial score (nSPS) is 12.1. The maximum absolute atomic E-state index is 11.6. The van der Waals surface area contributed by atoms with Gasteiger partial charge in [0.05, 0.1) is 12.6 Å². The van der Waals surface area contributed by atoms with Crippen LogP contribution in [0.5, 0.6) is 0 Å². The van der Waals surface area contributed by atoms with Gasteiger partial charge in [-0.05, 0) is 29.8 Å². The molecule has 0 aliphatic heterocycles. The second-order valence-electron chi connectivity index (χ2n) is 4.24. The zero-order chi connectivity index (χ0) is 13.0. The quantitative estimate of drug-likeness (QED) is 0.776. The van der Waals surface area contributed by atoms with E-state index >= 15 is 0 Å². The van der Waals surface area contributed by atoms with Crippen LogP contribution in [0.2, 0.25) is 0 Å². The summed E-state index contributed by atoms with van der Waals surface area (Å²) in [6.45, 7) is 1.66. The van der Waals surface area contributed by atoms with Gasteiger partial charge in [-0.2, -0.15) is 0 Å². The van der Waals surface area contributed by atoms with Crippen LogP contribution in [0.4, 0.5) is 10.5 Å². The number of fused-ring (bicyclic) bond motifs is 1. The Labute approximate surface area is 106 Å². The van der Waals surface area contributed by atoms with E-state index in [0.29, 0.717) is 0 Å². The Morgan fingerprint density at radius 2 is 1.94 bits per heavy atom. The number of hydrogen-bond acceptors (Lipinski definition) is 2. The van der Waals surface area contributed by atoms with Gasteiger partial charge in [-0.3, -0.25) is 0 Å². The third-order valence-electron chi connectivity index (χ3n) is 2.66. The minimum absolute atomic E-state index is 0.0782. The number of carbonyl (C=O) groups excluding carboxylic acids is 1. The Hall–Kier alpha value is -2.07. The van der Waals surface area contributed by atoms with Crippen molar-refractivity contribution in [2.75, 3.05) is 11.9 Å². The van der Waals surface area contributed by atoms with Gasteiger partial charge in [-0.25, -0.2) is 4.79 Å². The van der Waals surface area contributed by atoms with Crippen molar-refractivity contribution in [1.29, 1.82) is 0 Å². The van der Waals surface area contributed by atoms with E-state index in [-0.39, 0.29) is 18.7 Å². The number of urea groups is 1. The van der Waals surface area contributed by atoms with E-state index in [1.54, 1.807) is 6.92 Å². The van der Waals surface area contributed by atoms with Gasteiger partial charge in [0, 0.05) is 5.69 Å². The van der Waals surface area contributed by atoms with Crippen molar-refractivity contribution in [2.24, 2.45) is 0 Å². The van der Waals surface area contributed by atoms with Crippen LogP contribution in [0.25, 0.3) is 10.8 Å². The van der Waals surface area contributed by atoms with Crippen molar-refractivity contribution >= 4 is 22.5 Å². The minimum atomic E-state index is -0.313. The molecule has 4 nitrogen and oxygen atoms in total. The zero-order valence-electron chi connectivity index (χ0n) is 10.2. The van der Waals surface area contributed by atoms with E-state index in [9.17, 15) is 4.79 Å². The van der Waals surface area contributed by atoms with E-state index in [1.807, 2.05) is 42.5 Å². The van der Waals surface area contributed by atoms with Crippen LogP contribution in [0, 0.1) is 0 Å². The summed E-state index contributed by atoms with van der Waals surface area (Å²) in [6, 6.07) is 13.1. The molecule has 0 bridgehead atoms. The molecule has 2 aromatic carbocycles. The number of anilines is 1. The highest BCUT2D eigenvalue weighted by Gasteiger charge is 2.06. The average Bonchev–Trinajstić information content (AvgIpc) is 2.38. The molecular formula is C14H16N2O2. The molecule has 0 aliphatic rings. The molecular weight excluding hydrogens is 228 g/mol. The van der Waals surface area contributed by atoms with Crippen LogP contribution >= 0.6 is 0 Å². The predicted octanol–water partition coefficient (Wildman–Crippen LogP) is 2.34. The molecule has 0 aromatic heterocycles. The number of nitrogens with one attached hydrogen (secondary N) is 2. The number of amides is 2. The predicted molar refractivity (Wildman–Crippen MR) is 72.7 cm³/mol. The number of aliphatic hydroxyl groups is 1. The molecule has 0 aliphatic carbocycles. The molecule has 2 aromatic rings. The highest BCUT2D eigenvalue weighted by atomic mass is 16.3. The SMILES string of the molecule is C[C@@H](CO)NC(=O)Nc1ccc2ccccc2c1. The van der Waals surface area contributed by atoms with E-state index in [0.717, 1.165) is 16.5 Å². The van der Waals surface area contributed by atoms with Crippen molar-refractivity contribution < 1.29 is 9.90 Å². The summed E-state index contributed by atoms with van der Waals surface area (Å²) in [5.74, 6) is 0. The Kier molecular flexibility index (Phi) is 3.79. The van der Waals surface area contributed by atoms with Crippen LogP contribution in [0.15, 0.2) is 42.5 Å². The Morgan fingerprint density at radius 3 is 2.67 bits per heavy atom. The first-order valence-electron chi connectivity index (χ1n) is 5.86. The molecule has 0 fully saturated rings. The first kappa shape index (κ1) is 12.4. The second kappa shape index (κ2) is 5.51. The molecule has 2 rings (SSSR count). The topological polar surface area (TPSA) is 61.4 Å². The fourth-order valence-electron chi connectivity index (χ4n) is 1.70. The summed E-state index contributed by atoms with van der Waals surface area (Å²) in [7, 11) is 0. The molecule has 3 N–H and O–H groups in total. The number of aliphatic hydroxyl groups excluding tert-OH is 1. The summed E-state index contributed by atoms with van der Waals surface area (Å²) >= 11 is 0. The summed E-state index contributed by atoms with van der Waals surface area (Å²) in [6.07, 6.45) is 0. The van der Waals surface area contributed by atoms with E-state index in [2.05, 4.69) is 10.6 Å². The third-order valence-corrected chi connectivity index (χ3v) is 2.66. The molecule has 18 heavy (non-hydrogen) atoms. The van der Waals surface area contributed by atoms with Gasteiger partial charge in [0.1, 0.15) is 0 Å². The van der Waals surface area contributed by atoms with Crippen molar-refractivity contribution in [1.82, 2.24) is 5.32 Å². The van der Waals surface area contributed by atoms with Crippen LogP contribution < -0.4 is 10.6 Å². The lowest BCUT2D eigenvalue weighted by Crippen LogP contribution is -2.38. The van der Waals surface area contributed by atoms with Gasteiger partial charge in [0.25, 0.3) is 0 Å². The Balaban J connectivity index is 2.10. The fraction of sp³-hybridized carbons (Fsp3) is 0.214. The summed E-state index contributed by atoms with van der Waals surface area (Å²) in [5.41, 5.74) is 0.733. The smallest absolute Gasteiger partial charge is 0.319 e. The minimum Gasteiger partial charge on any atom is -0.394 e. The van der Waals surface area contributed by atoms with Gasteiger partial charge >= 0.3 is 6.03 Å². The first-order valence-corrected chi connectivity index (χ1v) is 5.86. The maximum Gasteiger partial charge on any atom is 0.319 e. The maximum atomic E-state index is 11.6. The van der Waals surface area contributed by atoms with Crippen LogP contribution in [0.1, 0.15) is 6.92 Å². The van der Waals surface area contributed by atoms with Crippen molar-refractivity contribution in [3.63, 3.8) is 0 Å². The van der Waals surface area contributed by atoms with Crippen LogP contribution in [-0.4, -0.2) is 23.8 Å². The molecule has 0 spiro atoms. The molecule has 0 heterocycles. The van der Waals surface area contributed by atoms with E-state index in [4.69, 9.17) is 5.11 Å². The lowest BCUT2D eigenvalue weighted by molar-refractivity contribution is 0.229. The largest absolute Gasteiger partial charge is 0.394 e. The second-order valence-corrected chi connectivity index (χ2v) is 4.24. The molecule has 1 atom stereocenters. The first-order chi connectivity index (χ1) is 8.69. The van der Waals surface area contributed by atoms with Gasteiger partial charge in [0.2, 0.25) is 0 Å². The number of hydrogen-bond donors (Lipinski definition) is 3. The lowest BCUT2D eigenvalue weighted by Gasteiger charge is -2.12.